The lowest BCUT2D eigenvalue weighted by molar-refractivity contribution is 0.149. The minimum atomic E-state index is 0.322. The Morgan fingerprint density at radius 2 is 1.79 bits per heavy atom. The quantitative estimate of drug-likeness (QED) is 0.842. The summed E-state index contributed by atoms with van der Waals surface area (Å²) in [6.07, 6.45) is 9.25. The minimum Gasteiger partial charge on any atom is -0.301 e. The lowest BCUT2D eigenvalue weighted by atomic mass is 9.92. The van der Waals surface area contributed by atoms with Gasteiger partial charge in [0.05, 0.1) is 17.6 Å². The third-order valence-corrected chi connectivity index (χ3v) is 5.00. The van der Waals surface area contributed by atoms with Gasteiger partial charge in [0.25, 0.3) is 0 Å². The lowest BCUT2D eigenvalue weighted by Crippen LogP contribution is -2.38. The number of piperidine rings is 1. The average Bonchev–Trinajstić information content (AvgIpc) is 3.06. The molecular formula is C19H29N5. The molecule has 1 fully saturated rings. The first-order valence-corrected chi connectivity index (χ1v) is 9.13. The van der Waals surface area contributed by atoms with Crippen molar-refractivity contribution in [3.63, 3.8) is 0 Å². The number of hydrogen-bond donors (Lipinski definition) is 0. The lowest BCUT2D eigenvalue weighted by Gasteiger charge is -2.34. The monoisotopic (exact) mass is 327 g/mol. The molecule has 3 heterocycles. The highest BCUT2D eigenvalue weighted by atomic mass is 15.3. The van der Waals surface area contributed by atoms with Crippen molar-refractivity contribution >= 4 is 0 Å². The highest BCUT2D eigenvalue weighted by Crippen LogP contribution is 2.23. The van der Waals surface area contributed by atoms with Crippen molar-refractivity contribution in [2.45, 2.75) is 59.0 Å². The highest BCUT2D eigenvalue weighted by Gasteiger charge is 2.21. The van der Waals surface area contributed by atoms with E-state index in [-0.39, 0.29) is 0 Å². The Bertz CT molecular complexity index is 636. The van der Waals surface area contributed by atoms with Crippen LogP contribution in [0.3, 0.4) is 0 Å². The zero-order chi connectivity index (χ0) is 17.1. The van der Waals surface area contributed by atoms with Gasteiger partial charge in [-0.05, 0) is 72.0 Å². The Balaban J connectivity index is 1.62. The van der Waals surface area contributed by atoms with Crippen LogP contribution in [-0.2, 0) is 6.42 Å². The van der Waals surface area contributed by atoms with Gasteiger partial charge in [-0.3, -0.25) is 14.6 Å². The van der Waals surface area contributed by atoms with Gasteiger partial charge in [-0.1, -0.05) is 0 Å². The Kier molecular flexibility index (Phi) is 5.29. The molecule has 24 heavy (non-hydrogen) atoms. The van der Waals surface area contributed by atoms with E-state index in [1.165, 1.54) is 25.9 Å². The molecule has 1 aliphatic rings. The molecule has 0 aromatic carbocycles. The van der Waals surface area contributed by atoms with E-state index >= 15 is 0 Å². The molecule has 0 spiro atoms. The first-order chi connectivity index (χ1) is 11.5. The van der Waals surface area contributed by atoms with Gasteiger partial charge in [0.1, 0.15) is 5.69 Å². The van der Waals surface area contributed by atoms with E-state index in [0.717, 1.165) is 29.4 Å². The summed E-state index contributed by atoms with van der Waals surface area (Å²) in [7, 11) is 0. The molecule has 2 aromatic heterocycles. The van der Waals surface area contributed by atoms with E-state index in [1.54, 1.807) is 0 Å². The Morgan fingerprint density at radius 1 is 1.04 bits per heavy atom. The average molecular weight is 327 g/mol. The summed E-state index contributed by atoms with van der Waals surface area (Å²) < 4.78 is 1.99. The molecule has 0 aliphatic carbocycles. The molecule has 1 saturated heterocycles. The molecule has 3 rings (SSSR count). The van der Waals surface area contributed by atoms with Crippen LogP contribution in [0.1, 0.15) is 52.3 Å². The van der Waals surface area contributed by atoms with Crippen molar-refractivity contribution in [1.82, 2.24) is 24.6 Å². The van der Waals surface area contributed by atoms with E-state index in [1.807, 2.05) is 29.3 Å². The van der Waals surface area contributed by atoms with Gasteiger partial charge in [-0.15, -0.1) is 0 Å². The minimum absolute atomic E-state index is 0.322. The fourth-order valence-electron chi connectivity index (χ4n) is 3.49. The summed E-state index contributed by atoms with van der Waals surface area (Å²) in [5.74, 6) is 0.737. The van der Waals surface area contributed by atoms with E-state index in [2.05, 4.69) is 47.7 Å². The van der Waals surface area contributed by atoms with Crippen molar-refractivity contribution in [2.75, 3.05) is 13.1 Å². The van der Waals surface area contributed by atoms with Gasteiger partial charge in [0.2, 0.25) is 0 Å². The first kappa shape index (κ1) is 17.1. The van der Waals surface area contributed by atoms with Gasteiger partial charge < -0.3 is 4.90 Å². The van der Waals surface area contributed by atoms with Gasteiger partial charge in [0.15, 0.2) is 0 Å². The number of nitrogens with zero attached hydrogens (tertiary/aromatic N) is 5. The molecule has 130 valence electrons. The van der Waals surface area contributed by atoms with Gasteiger partial charge in [-0.25, -0.2) is 0 Å². The number of rotatable bonds is 5. The van der Waals surface area contributed by atoms with E-state index in [9.17, 15) is 0 Å². The Morgan fingerprint density at radius 3 is 2.38 bits per heavy atom. The first-order valence-electron chi connectivity index (χ1n) is 9.13. The predicted octanol–water partition coefficient (Wildman–Crippen LogP) is 3.58. The third kappa shape index (κ3) is 3.83. The molecule has 0 N–H and O–H groups in total. The van der Waals surface area contributed by atoms with Crippen molar-refractivity contribution in [3.8, 4) is 11.4 Å². The maximum Gasteiger partial charge on any atom is 0.107 e. The second-order valence-corrected chi connectivity index (χ2v) is 7.42. The molecule has 1 aliphatic heterocycles. The van der Waals surface area contributed by atoms with Crippen molar-refractivity contribution < 1.29 is 0 Å². The van der Waals surface area contributed by atoms with Gasteiger partial charge in [-0.2, -0.15) is 5.10 Å². The van der Waals surface area contributed by atoms with Gasteiger partial charge >= 0.3 is 0 Å². The number of likely N-dealkylation sites (tertiary alicyclic amines) is 1. The van der Waals surface area contributed by atoms with Crippen LogP contribution in [0.15, 0.2) is 24.7 Å². The molecular weight excluding hydrogens is 298 g/mol. The summed E-state index contributed by atoms with van der Waals surface area (Å²) >= 11 is 0. The normalized spacial score (nSPS) is 17.1. The number of aromatic nitrogens is 4. The van der Waals surface area contributed by atoms with E-state index in [0.29, 0.717) is 12.1 Å². The SMILES string of the molecule is CC(C)N1CCC(Cc2cnc(-c3ccnn3C(C)C)cn2)CC1. The molecule has 5 nitrogen and oxygen atoms in total. The predicted molar refractivity (Wildman–Crippen MR) is 96.8 cm³/mol. The summed E-state index contributed by atoms with van der Waals surface area (Å²) in [4.78, 5) is 11.9. The zero-order valence-electron chi connectivity index (χ0n) is 15.3. The van der Waals surface area contributed by atoms with Crippen molar-refractivity contribution in [1.29, 1.82) is 0 Å². The third-order valence-electron chi connectivity index (χ3n) is 5.00. The standard InChI is InChI=1S/C19H29N5/c1-14(2)23-9-6-16(7-10-23)11-17-12-21-18(13-20-17)19-5-8-22-24(19)15(3)4/h5,8,12-16H,6-7,9-11H2,1-4H3. The smallest absolute Gasteiger partial charge is 0.107 e. The Hall–Kier alpha value is -1.75. The molecule has 0 unspecified atom stereocenters. The Labute approximate surface area is 145 Å². The van der Waals surface area contributed by atoms with Crippen LogP contribution < -0.4 is 0 Å². The summed E-state index contributed by atoms with van der Waals surface area (Å²) in [6.45, 7) is 11.2. The molecule has 0 bridgehead atoms. The van der Waals surface area contributed by atoms with E-state index in [4.69, 9.17) is 0 Å². The van der Waals surface area contributed by atoms with Crippen LogP contribution in [0.5, 0.6) is 0 Å². The zero-order valence-corrected chi connectivity index (χ0v) is 15.3. The molecule has 2 aromatic rings. The van der Waals surface area contributed by atoms with Gasteiger partial charge in [0, 0.05) is 24.5 Å². The highest BCUT2D eigenvalue weighted by molar-refractivity contribution is 5.52. The second kappa shape index (κ2) is 7.43. The fourth-order valence-corrected chi connectivity index (χ4v) is 3.49. The second-order valence-electron chi connectivity index (χ2n) is 7.42. The van der Waals surface area contributed by atoms with Crippen LogP contribution in [0.2, 0.25) is 0 Å². The van der Waals surface area contributed by atoms with Crippen LogP contribution in [0, 0.1) is 5.92 Å². The van der Waals surface area contributed by atoms with Crippen LogP contribution >= 0.6 is 0 Å². The maximum atomic E-state index is 4.67. The molecule has 0 atom stereocenters. The summed E-state index contributed by atoms with van der Waals surface area (Å²) in [6, 6.07) is 2.99. The van der Waals surface area contributed by atoms with E-state index < -0.39 is 0 Å². The topological polar surface area (TPSA) is 46.8 Å². The van der Waals surface area contributed by atoms with Crippen LogP contribution in [0.25, 0.3) is 11.4 Å². The van der Waals surface area contributed by atoms with Crippen molar-refractivity contribution in [3.05, 3.63) is 30.4 Å². The van der Waals surface area contributed by atoms with Crippen LogP contribution in [-0.4, -0.2) is 43.8 Å². The summed E-state index contributed by atoms with van der Waals surface area (Å²) in [5, 5.41) is 4.37. The molecule has 0 amide bonds. The van der Waals surface area contributed by atoms with Crippen LogP contribution in [0.4, 0.5) is 0 Å². The molecule has 0 saturated carbocycles. The van der Waals surface area contributed by atoms with Crippen molar-refractivity contribution in [2.24, 2.45) is 5.92 Å². The summed E-state index contributed by atoms with van der Waals surface area (Å²) in [5.41, 5.74) is 3.05. The largest absolute Gasteiger partial charge is 0.301 e. The fraction of sp³-hybridized carbons (Fsp3) is 0.632. The molecule has 0 radical (unpaired) electrons. The maximum absolute atomic E-state index is 4.67. The number of hydrogen-bond acceptors (Lipinski definition) is 4. The molecule has 5 heteroatoms.